The van der Waals surface area contributed by atoms with Gasteiger partial charge >= 0.3 is 0 Å². The highest BCUT2D eigenvalue weighted by atomic mass is 35.5. The first kappa shape index (κ1) is 15.9. The van der Waals surface area contributed by atoms with Crippen molar-refractivity contribution in [1.82, 2.24) is 4.72 Å². The molecule has 2 rings (SSSR count). The summed E-state index contributed by atoms with van der Waals surface area (Å²) in [5.74, 6) is -0.809. The Balaban J connectivity index is 2.20. The SMILES string of the molecule is NCc1ccc(F)c(S(=O)(=O)NCc2ccc(Cl)cc2)c1. The Hall–Kier alpha value is -1.47. The van der Waals surface area contributed by atoms with Gasteiger partial charge in [0, 0.05) is 18.1 Å². The van der Waals surface area contributed by atoms with Crippen LogP contribution in [0.1, 0.15) is 11.1 Å². The van der Waals surface area contributed by atoms with Gasteiger partial charge in [-0.3, -0.25) is 0 Å². The van der Waals surface area contributed by atoms with E-state index in [4.69, 9.17) is 17.3 Å². The minimum atomic E-state index is -3.95. The molecule has 0 aromatic heterocycles. The van der Waals surface area contributed by atoms with Crippen LogP contribution in [0.2, 0.25) is 5.02 Å². The number of hydrogen-bond acceptors (Lipinski definition) is 3. The quantitative estimate of drug-likeness (QED) is 0.885. The number of halogens is 2. The van der Waals surface area contributed by atoms with Gasteiger partial charge in [-0.2, -0.15) is 0 Å². The van der Waals surface area contributed by atoms with Crippen molar-refractivity contribution in [3.63, 3.8) is 0 Å². The predicted molar refractivity (Wildman–Crippen MR) is 79.8 cm³/mol. The van der Waals surface area contributed by atoms with Crippen molar-refractivity contribution in [3.8, 4) is 0 Å². The second-order valence-electron chi connectivity index (χ2n) is 4.42. The van der Waals surface area contributed by atoms with E-state index in [0.29, 0.717) is 10.6 Å². The molecule has 112 valence electrons. The van der Waals surface area contributed by atoms with E-state index < -0.39 is 20.7 Å². The number of benzene rings is 2. The van der Waals surface area contributed by atoms with Crippen LogP contribution in [0.4, 0.5) is 4.39 Å². The first-order valence-electron chi connectivity index (χ1n) is 6.15. The average Bonchev–Trinajstić information content (AvgIpc) is 2.47. The highest BCUT2D eigenvalue weighted by molar-refractivity contribution is 7.89. The molecule has 0 aliphatic carbocycles. The fourth-order valence-corrected chi connectivity index (χ4v) is 3.01. The van der Waals surface area contributed by atoms with Gasteiger partial charge in [0.1, 0.15) is 10.7 Å². The molecule has 0 radical (unpaired) electrons. The van der Waals surface area contributed by atoms with Crippen LogP contribution in [-0.2, 0) is 23.1 Å². The molecule has 4 nitrogen and oxygen atoms in total. The topological polar surface area (TPSA) is 72.2 Å². The molecular formula is C14H14ClFN2O2S. The third-order valence-electron chi connectivity index (χ3n) is 2.90. The average molecular weight is 329 g/mol. The first-order chi connectivity index (χ1) is 9.92. The third kappa shape index (κ3) is 4.01. The fraction of sp³-hybridized carbons (Fsp3) is 0.143. The van der Waals surface area contributed by atoms with E-state index in [0.717, 1.165) is 11.6 Å². The lowest BCUT2D eigenvalue weighted by Crippen LogP contribution is -2.24. The number of nitrogens with one attached hydrogen (secondary N) is 1. The zero-order valence-electron chi connectivity index (χ0n) is 11.0. The van der Waals surface area contributed by atoms with E-state index in [9.17, 15) is 12.8 Å². The largest absolute Gasteiger partial charge is 0.326 e. The molecule has 7 heteroatoms. The van der Waals surface area contributed by atoms with Gasteiger partial charge < -0.3 is 5.73 Å². The highest BCUT2D eigenvalue weighted by Gasteiger charge is 2.19. The second kappa shape index (κ2) is 6.53. The van der Waals surface area contributed by atoms with Crippen LogP contribution in [-0.4, -0.2) is 8.42 Å². The van der Waals surface area contributed by atoms with Crippen LogP contribution in [0.15, 0.2) is 47.4 Å². The molecule has 0 saturated heterocycles. The van der Waals surface area contributed by atoms with Gasteiger partial charge in [-0.15, -0.1) is 0 Å². The second-order valence-corrected chi connectivity index (χ2v) is 6.59. The van der Waals surface area contributed by atoms with Gasteiger partial charge in [0.25, 0.3) is 0 Å². The van der Waals surface area contributed by atoms with E-state index in [1.165, 1.54) is 12.1 Å². The van der Waals surface area contributed by atoms with Crippen molar-refractivity contribution < 1.29 is 12.8 Å². The summed E-state index contributed by atoms with van der Waals surface area (Å²) in [6.07, 6.45) is 0. The number of rotatable bonds is 5. The summed E-state index contributed by atoms with van der Waals surface area (Å²) >= 11 is 5.75. The van der Waals surface area contributed by atoms with Gasteiger partial charge in [-0.05, 0) is 35.4 Å². The van der Waals surface area contributed by atoms with Crippen molar-refractivity contribution in [2.45, 2.75) is 18.0 Å². The maximum atomic E-state index is 13.7. The van der Waals surface area contributed by atoms with Crippen LogP contribution in [0.25, 0.3) is 0 Å². The molecule has 0 amide bonds. The van der Waals surface area contributed by atoms with Gasteiger partial charge in [-0.1, -0.05) is 29.8 Å². The summed E-state index contributed by atoms with van der Waals surface area (Å²) in [5, 5.41) is 0.559. The van der Waals surface area contributed by atoms with Crippen LogP contribution in [0, 0.1) is 5.82 Å². The summed E-state index contributed by atoms with van der Waals surface area (Å²) in [7, 11) is -3.95. The molecule has 3 N–H and O–H groups in total. The molecule has 0 aliphatic rings. The summed E-state index contributed by atoms with van der Waals surface area (Å²) in [4.78, 5) is -0.403. The molecule has 0 unspecified atom stereocenters. The monoisotopic (exact) mass is 328 g/mol. The molecule has 2 aromatic rings. The standard InChI is InChI=1S/C14H14ClFN2O2S/c15-12-4-1-10(2-5-12)9-18-21(19,20)14-7-11(8-17)3-6-13(14)16/h1-7,18H,8-9,17H2. The molecule has 0 aliphatic heterocycles. The van der Waals surface area contributed by atoms with E-state index in [1.54, 1.807) is 24.3 Å². The van der Waals surface area contributed by atoms with Crippen LogP contribution in [0.3, 0.4) is 0 Å². The fourth-order valence-electron chi connectivity index (χ4n) is 1.74. The van der Waals surface area contributed by atoms with Crippen LogP contribution in [0.5, 0.6) is 0 Å². The first-order valence-corrected chi connectivity index (χ1v) is 8.01. The molecule has 0 spiro atoms. The van der Waals surface area contributed by atoms with Crippen molar-refractivity contribution >= 4 is 21.6 Å². The van der Waals surface area contributed by atoms with E-state index in [1.807, 2.05) is 0 Å². The van der Waals surface area contributed by atoms with Gasteiger partial charge in [-0.25, -0.2) is 17.5 Å². The molecular weight excluding hydrogens is 315 g/mol. The maximum absolute atomic E-state index is 13.7. The number of nitrogens with two attached hydrogens (primary N) is 1. The Morgan fingerprint density at radius 3 is 2.33 bits per heavy atom. The summed E-state index contributed by atoms with van der Waals surface area (Å²) in [6, 6.07) is 10.5. The number of sulfonamides is 1. The van der Waals surface area contributed by atoms with Gasteiger partial charge in [0.2, 0.25) is 10.0 Å². The lowest BCUT2D eigenvalue weighted by molar-refractivity contribution is 0.556. The molecule has 0 bridgehead atoms. The Labute approximate surface area is 127 Å². The van der Waals surface area contributed by atoms with E-state index >= 15 is 0 Å². The van der Waals surface area contributed by atoms with Crippen molar-refractivity contribution in [2.24, 2.45) is 5.73 Å². The summed E-state index contributed by atoms with van der Waals surface area (Å²) in [5.41, 5.74) is 6.71. The zero-order valence-corrected chi connectivity index (χ0v) is 12.6. The molecule has 0 saturated carbocycles. The highest BCUT2D eigenvalue weighted by Crippen LogP contribution is 2.17. The van der Waals surface area contributed by atoms with E-state index in [2.05, 4.69) is 4.72 Å². The molecule has 0 fully saturated rings. The Morgan fingerprint density at radius 2 is 1.71 bits per heavy atom. The smallest absolute Gasteiger partial charge is 0.243 e. The van der Waals surface area contributed by atoms with Crippen LogP contribution < -0.4 is 10.5 Å². The normalized spacial score (nSPS) is 11.6. The number of hydrogen-bond donors (Lipinski definition) is 2. The third-order valence-corrected chi connectivity index (χ3v) is 4.57. The predicted octanol–water partition coefficient (Wildman–Crippen LogP) is 2.42. The lowest BCUT2D eigenvalue weighted by atomic mass is 10.2. The maximum Gasteiger partial charge on any atom is 0.243 e. The van der Waals surface area contributed by atoms with Crippen LogP contribution >= 0.6 is 11.6 Å². The van der Waals surface area contributed by atoms with Crippen molar-refractivity contribution in [1.29, 1.82) is 0 Å². The summed E-state index contributed by atoms with van der Waals surface area (Å²) in [6.45, 7) is 0.186. The summed E-state index contributed by atoms with van der Waals surface area (Å²) < 4.78 is 40.3. The minimum absolute atomic E-state index is 0.0474. The van der Waals surface area contributed by atoms with Gasteiger partial charge in [0.05, 0.1) is 0 Å². The molecule has 2 aromatic carbocycles. The van der Waals surface area contributed by atoms with Gasteiger partial charge in [0.15, 0.2) is 0 Å². The minimum Gasteiger partial charge on any atom is -0.326 e. The molecule has 0 heterocycles. The Morgan fingerprint density at radius 1 is 1.10 bits per heavy atom. The van der Waals surface area contributed by atoms with E-state index in [-0.39, 0.29) is 13.1 Å². The van der Waals surface area contributed by atoms with Crippen molar-refractivity contribution in [3.05, 3.63) is 64.4 Å². The Kier molecular flexibility index (Phi) is 4.95. The molecule has 0 atom stereocenters. The lowest BCUT2D eigenvalue weighted by Gasteiger charge is -2.09. The molecule has 21 heavy (non-hydrogen) atoms. The zero-order chi connectivity index (χ0) is 15.5. The Bertz CT molecular complexity index is 733. The van der Waals surface area contributed by atoms with Crippen molar-refractivity contribution in [2.75, 3.05) is 0 Å².